The van der Waals surface area contributed by atoms with Gasteiger partial charge in [0.1, 0.15) is 13.2 Å². The average molecular weight is 701 g/mol. The number of phosphoric ester groups is 1. The van der Waals surface area contributed by atoms with Gasteiger partial charge in [0.15, 0.2) is 0 Å². The fraction of sp³-hybridized carbons (Fsp3) is 0.872. The molecule has 0 aliphatic rings. The molecule has 3 unspecified atom stereocenters. The molecular weight excluding hydrogens is 623 g/mol. The van der Waals surface area contributed by atoms with Crippen molar-refractivity contribution in [1.29, 1.82) is 0 Å². The third kappa shape index (κ3) is 33.5. The molecule has 0 aromatic heterocycles. The number of unbranched alkanes of at least 4 members (excludes halogenated alkanes) is 20. The number of rotatable bonds is 35. The highest BCUT2D eigenvalue weighted by Gasteiger charge is 2.23. The Hall–Kier alpha value is -1.02. The minimum atomic E-state index is -4.58. The summed E-state index contributed by atoms with van der Waals surface area (Å²) >= 11 is 0. The summed E-state index contributed by atoms with van der Waals surface area (Å²) in [6.45, 7) is 4.60. The van der Waals surface area contributed by atoms with Gasteiger partial charge in [-0.25, -0.2) is 0 Å². The summed E-state index contributed by atoms with van der Waals surface area (Å²) in [5.74, 6) is -0.209. The van der Waals surface area contributed by atoms with E-state index in [1.165, 1.54) is 96.3 Å². The summed E-state index contributed by atoms with van der Waals surface area (Å²) < 4.78 is 23.1. The van der Waals surface area contributed by atoms with Crippen LogP contribution in [-0.2, 0) is 18.4 Å². The predicted octanol–water partition coefficient (Wildman–Crippen LogP) is 9.55. The number of nitrogens with one attached hydrogen (secondary N) is 1. The van der Waals surface area contributed by atoms with Gasteiger partial charge in [-0.05, 0) is 44.9 Å². The zero-order valence-electron chi connectivity index (χ0n) is 31.9. The summed E-state index contributed by atoms with van der Waals surface area (Å²) in [7, 11) is 1.25. The third-order valence-corrected chi connectivity index (χ3v) is 9.62. The van der Waals surface area contributed by atoms with E-state index in [1.807, 2.05) is 27.2 Å². The SMILES string of the molecule is CCCCCC/C=C\CCCCCCCC(=O)NC(COP(=O)([O-])OCC[N+](C)(C)C)C(O)/C=C/CCCCCCCCCCCCC. The van der Waals surface area contributed by atoms with Crippen molar-refractivity contribution in [2.45, 2.75) is 180 Å². The zero-order valence-corrected chi connectivity index (χ0v) is 32.8. The predicted molar refractivity (Wildman–Crippen MR) is 201 cm³/mol. The minimum absolute atomic E-state index is 0.00193. The van der Waals surface area contributed by atoms with Crippen LogP contribution in [0.2, 0.25) is 0 Å². The van der Waals surface area contributed by atoms with Crippen LogP contribution in [0.1, 0.15) is 168 Å². The molecule has 48 heavy (non-hydrogen) atoms. The molecule has 1 amide bonds. The largest absolute Gasteiger partial charge is 0.756 e. The summed E-state index contributed by atoms with van der Waals surface area (Å²) in [6.07, 6.45) is 35.0. The van der Waals surface area contributed by atoms with Crippen LogP contribution in [0.15, 0.2) is 24.3 Å². The molecule has 0 fully saturated rings. The van der Waals surface area contributed by atoms with Crippen LogP contribution >= 0.6 is 7.82 Å². The molecule has 0 heterocycles. The first-order valence-electron chi connectivity index (χ1n) is 19.7. The molecule has 0 saturated carbocycles. The van der Waals surface area contributed by atoms with E-state index in [0.717, 1.165) is 51.4 Å². The van der Waals surface area contributed by atoms with Crippen molar-refractivity contribution in [3.8, 4) is 0 Å². The van der Waals surface area contributed by atoms with Crippen LogP contribution < -0.4 is 10.2 Å². The highest BCUT2D eigenvalue weighted by Crippen LogP contribution is 2.38. The lowest BCUT2D eigenvalue weighted by atomic mass is 10.0. The minimum Gasteiger partial charge on any atom is -0.756 e. The molecule has 9 heteroatoms. The first-order valence-corrected chi connectivity index (χ1v) is 21.2. The van der Waals surface area contributed by atoms with Crippen molar-refractivity contribution in [1.82, 2.24) is 5.32 Å². The number of allylic oxidation sites excluding steroid dienone is 3. The van der Waals surface area contributed by atoms with Gasteiger partial charge in [-0.2, -0.15) is 0 Å². The number of phosphoric acid groups is 1. The number of aliphatic hydroxyl groups is 1. The normalized spacial score (nSPS) is 14.9. The fourth-order valence-corrected chi connectivity index (χ4v) is 6.16. The number of hydrogen-bond acceptors (Lipinski definition) is 6. The molecular formula is C39H77N2O6P. The van der Waals surface area contributed by atoms with Crippen LogP contribution in [0.25, 0.3) is 0 Å². The van der Waals surface area contributed by atoms with Gasteiger partial charge in [0.05, 0.1) is 39.9 Å². The second-order valence-electron chi connectivity index (χ2n) is 14.6. The summed E-state index contributed by atoms with van der Waals surface area (Å²) in [6, 6.07) is -0.885. The molecule has 0 rings (SSSR count). The maximum atomic E-state index is 12.8. The molecule has 284 valence electrons. The number of quaternary nitrogens is 1. The van der Waals surface area contributed by atoms with E-state index in [1.54, 1.807) is 6.08 Å². The quantitative estimate of drug-likeness (QED) is 0.0295. The Morgan fingerprint density at radius 2 is 1.15 bits per heavy atom. The number of likely N-dealkylation sites (N-methyl/N-ethyl adjacent to an activating group) is 1. The van der Waals surface area contributed by atoms with Crippen molar-refractivity contribution in [2.75, 3.05) is 40.9 Å². The Bertz CT molecular complexity index is 845. The highest BCUT2D eigenvalue weighted by molar-refractivity contribution is 7.45. The fourth-order valence-electron chi connectivity index (χ4n) is 5.44. The second kappa shape index (κ2) is 31.9. The van der Waals surface area contributed by atoms with E-state index in [-0.39, 0.29) is 19.1 Å². The van der Waals surface area contributed by atoms with Gasteiger partial charge in [-0.3, -0.25) is 9.36 Å². The number of carbonyl (C=O) groups is 1. The number of aliphatic hydroxyl groups excluding tert-OH is 1. The van der Waals surface area contributed by atoms with E-state index in [2.05, 4.69) is 31.3 Å². The maximum absolute atomic E-state index is 12.8. The number of carbonyl (C=O) groups excluding carboxylic acids is 1. The van der Waals surface area contributed by atoms with E-state index < -0.39 is 20.0 Å². The van der Waals surface area contributed by atoms with Gasteiger partial charge in [-0.15, -0.1) is 0 Å². The Labute approximate surface area is 296 Å². The van der Waals surface area contributed by atoms with Gasteiger partial charge in [0.2, 0.25) is 5.91 Å². The Kier molecular flexibility index (Phi) is 31.2. The second-order valence-corrected chi connectivity index (χ2v) is 16.0. The van der Waals surface area contributed by atoms with Crippen molar-refractivity contribution in [3.05, 3.63) is 24.3 Å². The van der Waals surface area contributed by atoms with Gasteiger partial charge < -0.3 is 28.8 Å². The molecule has 3 atom stereocenters. The standard InChI is InChI=1S/C39H77N2O6P/c1-6-8-10-12-14-16-18-20-22-24-26-28-30-32-38(42)37(36-47-48(44,45)46-35-34-41(3,4)5)40-39(43)33-31-29-27-25-23-21-19-17-15-13-11-9-7-2/h17,19,30,32,37-38,42H,6-16,18,20-29,31,33-36H2,1-5H3,(H-,40,43,44,45)/b19-17-,32-30+. The summed E-state index contributed by atoms with van der Waals surface area (Å²) in [5.41, 5.74) is 0. The zero-order chi connectivity index (χ0) is 35.8. The summed E-state index contributed by atoms with van der Waals surface area (Å²) in [5, 5.41) is 13.7. The van der Waals surface area contributed by atoms with Crippen molar-refractivity contribution in [3.63, 3.8) is 0 Å². The molecule has 0 spiro atoms. The molecule has 2 N–H and O–H groups in total. The molecule has 0 radical (unpaired) electrons. The van der Waals surface area contributed by atoms with Gasteiger partial charge in [0.25, 0.3) is 7.82 Å². The monoisotopic (exact) mass is 701 g/mol. The van der Waals surface area contributed by atoms with Gasteiger partial charge >= 0.3 is 0 Å². The van der Waals surface area contributed by atoms with Crippen LogP contribution in [0, 0.1) is 0 Å². The van der Waals surface area contributed by atoms with Crippen molar-refractivity contribution in [2.24, 2.45) is 0 Å². The molecule has 0 bridgehead atoms. The Morgan fingerprint density at radius 3 is 1.65 bits per heavy atom. The maximum Gasteiger partial charge on any atom is 0.268 e. The van der Waals surface area contributed by atoms with Crippen LogP contribution in [-0.4, -0.2) is 68.5 Å². The lowest BCUT2D eigenvalue weighted by Crippen LogP contribution is -2.45. The molecule has 8 nitrogen and oxygen atoms in total. The lowest BCUT2D eigenvalue weighted by molar-refractivity contribution is -0.870. The highest BCUT2D eigenvalue weighted by atomic mass is 31.2. The molecule has 0 aliphatic carbocycles. The average Bonchev–Trinajstić information content (AvgIpc) is 3.02. The van der Waals surface area contributed by atoms with Gasteiger partial charge in [-0.1, -0.05) is 141 Å². The number of hydrogen-bond donors (Lipinski definition) is 2. The third-order valence-electron chi connectivity index (χ3n) is 8.66. The first kappa shape index (κ1) is 47.0. The molecule has 0 aliphatic heterocycles. The van der Waals surface area contributed by atoms with Crippen LogP contribution in [0.3, 0.4) is 0 Å². The lowest BCUT2D eigenvalue weighted by Gasteiger charge is -2.29. The molecule has 0 aromatic carbocycles. The number of nitrogens with zero attached hydrogens (tertiary/aromatic N) is 1. The smallest absolute Gasteiger partial charge is 0.268 e. The van der Waals surface area contributed by atoms with Crippen LogP contribution in [0.4, 0.5) is 0 Å². The van der Waals surface area contributed by atoms with E-state index in [9.17, 15) is 19.4 Å². The summed E-state index contributed by atoms with van der Waals surface area (Å²) in [4.78, 5) is 25.1. The first-order chi connectivity index (χ1) is 23.0. The van der Waals surface area contributed by atoms with Crippen LogP contribution in [0.5, 0.6) is 0 Å². The Morgan fingerprint density at radius 1 is 0.708 bits per heavy atom. The van der Waals surface area contributed by atoms with Crippen molar-refractivity contribution >= 4 is 13.7 Å². The van der Waals surface area contributed by atoms with E-state index in [0.29, 0.717) is 17.4 Å². The molecule has 0 saturated heterocycles. The van der Waals surface area contributed by atoms with Crippen molar-refractivity contribution < 1.29 is 32.9 Å². The number of amides is 1. The van der Waals surface area contributed by atoms with E-state index in [4.69, 9.17) is 9.05 Å². The molecule has 0 aromatic rings. The van der Waals surface area contributed by atoms with Gasteiger partial charge in [0, 0.05) is 6.42 Å². The topological polar surface area (TPSA) is 108 Å². The van der Waals surface area contributed by atoms with E-state index >= 15 is 0 Å². The Balaban J connectivity index is 4.54.